The minimum atomic E-state index is -1.11. The van der Waals surface area contributed by atoms with E-state index in [-0.39, 0.29) is 5.57 Å². The highest BCUT2D eigenvalue weighted by atomic mass is 19.1. The standard InChI is InChI=1S/C13H14FNO4/c1-8(2)12(16)19-13(3,4)9-5-6-11(15(17)18)10(14)7-9/h5-7H,1H2,2-4H3. The van der Waals surface area contributed by atoms with Crippen LogP contribution in [-0.2, 0) is 15.1 Å². The second kappa shape index (κ2) is 5.17. The van der Waals surface area contributed by atoms with E-state index >= 15 is 0 Å². The highest BCUT2D eigenvalue weighted by molar-refractivity contribution is 5.87. The Kier molecular flexibility index (Phi) is 4.04. The average Bonchev–Trinajstić information content (AvgIpc) is 2.27. The van der Waals surface area contributed by atoms with E-state index in [1.165, 1.54) is 13.0 Å². The highest BCUT2D eigenvalue weighted by Crippen LogP contribution is 2.29. The molecule has 6 heteroatoms. The van der Waals surface area contributed by atoms with Crippen LogP contribution in [0.1, 0.15) is 26.3 Å². The van der Waals surface area contributed by atoms with Crippen molar-refractivity contribution in [3.63, 3.8) is 0 Å². The molecule has 19 heavy (non-hydrogen) atoms. The first-order valence-electron chi connectivity index (χ1n) is 5.48. The van der Waals surface area contributed by atoms with Crippen LogP contribution < -0.4 is 0 Å². The van der Waals surface area contributed by atoms with E-state index in [1.54, 1.807) is 13.8 Å². The van der Waals surface area contributed by atoms with E-state index in [0.717, 1.165) is 12.1 Å². The quantitative estimate of drug-likeness (QED) is 0.364. The molecule has 0 unspecified atom stereocenters. The minimum absolute atomic E-state index is 0.218. The van der Waals surface area contributed by atoms with Gasteiger partial charge in [-0.1, -0.05) is 6.58 Å². The topological polar surface area (TPSA) is 69.4 Å². The lowest BCUT2D eigenvalue weighted by molar-refractivity contribution is -0.387. The molecule has 0 saturated carbocycles. The van der Waals surface area contributed by atoms with E-state index in [1.807, 2.05) is 0 Å². The Morgan fingerprint density at radius 3 is 2.47 bits per heavy atom. The van der Waals surface area contributed by atoms with Gasteiger partial charge in [0.25, 0.3) is 0 Å². The van der Waals surface area contributed by atoms with E-state index in [9.17, 15) is 19.3 Å². The fourth-order valence-corrected chi connectivity index (χ4v) is 1.41. The fraction of sp³-hybridized carbons (Fsp3) is 0.308. The molecule has 0 fully saturated rings. The molecule has 0 aliphatic rings. The van der Waals surface area contributed by atoms with Crippen LogP contribution in [-0.4, -0.2) is 10.9 Å². The van der Waals surface area contributed by atoms with Gasteiger partial charge in [-0.05, 0) is 38.5 Å². The zero-order chi connectivity index (χ0) is 14.8. The third-order valence-electron chi connectivity index (χ3n) is 2.54. The van der Waals surface area contributed by atoms with Gasteiger partial charge in [-0.2, -0.15) is 4.39 Å². The van der Waals surface area contributed by atoms with Crippen molar-refractivity contribution in [1.82, 2.24) is 0 Å². The van der Waals surface area contributed by atoms with E-state index in [2.05, 4.69) is 6.58 Å². The van der Waals surface area contributed by atoms with Crippen LogP contribution in [0.2, 0.25) is 0 Å². The molecule has 1 aromatic rings. The molecule has 5 nitrogen and oxygen atoms in total. The Labute approximate surface area is 109 Å². The molecule has 0 radical (unpaired) electrons. The third kappa shape index (κ3) is 3.37. The molecule has 0 saturated heterocycles. The summed E-state index contributed by atoms with van der Waals surface area (Å²) in [7, 11) is 0. The smallest absolute Gasteiger partial charge is 0.333 e. The number of hydrogen-bond donors (Lipinski definition) is 0. The molecule has 0 atom stereocenters. The molecule has 1 aromatic carbocycles. The number of carbonyl (C=O) groups is 1. The van der Waals surface area contributed by atoms with Crippen molar-refractivity contribution >= 4 is 11.7 Å². The number of nitro benzene ring substituents is 1. The van der Waals surface area contributed by atoms with Gasteiger partial charge < -0.3 is 4.74 Å². The predicted molar refractivity (Wildman–Crippen MR) is 67.0 cm³/mol. The number of hydrogen-bond acceptors (Lipinski definition) is 4. The lowest BCUT2D eigenvalue weighted by atomic mass is 9.97. The van der Waals surface area contributed by atoms with Crippen LogP contribution in [0.4, 0.5) is 10.1 Å². The zero-order valence-electron chi connectivity index (χ0n) is 10.9. The summed E-state index contributed by atoms with van der Waals surface area (Å²) in [5, 5.41) is 10.5. The number of esters is 1. The summed E-state index contributed by atoms with van der Waals surface area (Å²) in [5.41, 5.74) is -1.18. The van der Waals surface area contributed by atoms with Crippen LogP contribution in [0.25, 0.3) is 0 Å². The molecule has 0 amide bonds. The fourth-order valence-electron chi connectivity index (χ4n) is 1.41. The molecular formula is C13H14FNO4. The van der Waals surface area contributed by atoms with E-state index < -0.39 is 28.0 Å². The zero-order valence-corrected chi connectivity index (χ0v) is 10.9. The molecule has 0 N–H and O–H groups in total. The Bertz CT molecular complexity index is 552. The van der Waals surface area contributed by atoms with Gasteiger partial charge in [-0.3, -0.25) is 10.1 Å². The van der Waals surface area contributed by atoms with Crippen molar-refractivity contribution < 1.29 is 18.8 Å². The Morgan fingerprint density at radius 2 is 2.05 bits per heavy atom. The van der Waals surface area contributed by atoms with Crippen molar-refractivity contribution in [3.05, 3.63) is 51.8 Å². The molecular weight excluding hydrogens is 253 g/mol. The van der Waals surface area contributed by atoms with Gasteiger partial charge in [0.05, 0.1) is 4.92 Å². The van der Waals surface area contributed by atoms with E-state index in [4.69, 9.17) is 4.74 Å². The number of rotatable bonds is 4. The second-order valence-corrected chi connectivity index (χ2v) is 4.60. The summed E-state index contributed by atoms with van der Waals surface area (Å²) in [6, 6.07) is 3.39. The predicted octanol–water partition coefficient (Wildman–Crippen LogP) is 3.09. The first-order valence-corrected chi connectivity index (χ1v) is 5.48. The SMILES string of the molecule is C=C(C)C(=O)OC(C)(C)c1ccc([N+](=O)[O-])c(F)c1. The number of benzene rings is 1. The van der Waals surface area contributed by atoms with Gasteiger partial charge >= 0.3 is 11.7 Å². The lowest BCUT2D eigenvalue weighted by Gasteiger charge is -2.25. The maximum atomic E-state index is 13.5. The normalized spacial score (nSPS) is 10.9. The van der Waals surface area contributed by atoms with E-state index in [0.29, 0.717) is 5.56 Å². The third-order valence-corrected chi connectivity index (χ3v) is 2.54. The van der Waals surface area contributed by atoms with Gasteiger partial charge in [-0.15, -0.1) is 0 Å². The number of carbonyl (C=O) groups excluding carboxylic acids is 1. The monoisotopic (exact) mass is 267 g/mol. The van der Waals surface area contributed by atoms with Crippen molar-refractivity contribution in [2.45, 2.75) is 26.4 Å². The summed E-state index contributed by atoms with van der Waals surface area (Å²) in [6.07, 6.45) is 0. The summed E-state index contributed by atoms with van der Waals surface area (Å²) in [6.45, 7) is 8.07. The maximum absolute atomic E-state index is 13.5. The van der Waals surface area contributed by atoms with Crippen molar-refractivity contribution in [3.8, 4) is 0 Å². The van der Waals surface area contributed by atoms with Crippen molar-refractivity contribution in [1.29, 1.82) is 0 Å². The number of nitro groups is 1. The molecule has 0 aliphatic heterocycles. The molecule has 102 valence electrons. The van der Waals surface area contributed by atoms with Crippen LogP contribution in [0.15, 0.2) is 30.4 Å². The molecule has 0 heterocycles. The minimum Gasteiger partial charge on any atom is -0.451 e. The van der Waals surface area contributed by atoms with Crippen LogP contribution >= 0.6 is 0 Å². The number of nitrogens with zero attached hydrogens (tertiary/aromatic N) is 1. The second-order valence-electron chi connectivity index (χ2n) is 4.60. The van der Waals surface area contributed by atoms with Gasteiger partial charge in [-0.25, -0.2) is 4.79 Å². The Balaban J connectivity index is 3.08. The summed E-state index contributed by atoms with van der Waals surface area (Å²) in [5.74, 6) is -1.58. The summed E-state index contributed by atoms with van der Waals surface area (Å²) >= 11 is 0. The van der Waals surface area contributed by atoms with Gasteiger partial charge in [0.2, 0.25) is 5.82 Å². The van der Waals surface area contributed by atoms with Crippen LogP contribution in [0, 0.1) is 15.9 Å². The molecule has 0 spiro atoms. The molecule has 0 bridgehead atoms. The van der Waals surface area contributed by atoms with Gasteiger partial charge in [0, 0.05) is 11.6 Å². The lowest BCUT2D eigenvalue weighted by Crippen LogP contribution is -2.26. The number of halogens is 1. The van der Waals surface area contributed by atoms with Crippen molar-refractivity contribution in [2.24, 2.45) is 0 Å². The van der Waals surface area contributed by atoms with Crippen molar-refractivity contribution in [2.75, 3.05) is 0 Å². The summed E-state index contributed by atoms with van der Waals surface area (Å²) < 4.78 is 18.7. The molecule has 0 aromatic heterocycles. The molecule has 0 aliphatic carbocycles. The Hall–Kier alpha value is -2.24. The highest BCUT2D eigenvalue weighted by Gasteiger charge is 2.28. The van der Waals surface area contributed by atoms with Gasteiger partial charge in [0.1, 0.15) is 5.60 Å². The van der Waals surface area contributed by atoms with Gasteiger partial charge in [0.15, 0.2) is 0 Å². The largest absolute Gasteiger partial charge is 0.451 e. The maximum Gasteiger partial charge on any atom is 0.333 e. The number of ether oxygens (including phenoxy) is 1. The Morgan fingerprint density at radius 1 is 1.47 bits per heavy atom. The summed E-state index contributed by atoms with van der Waals surface area (Å²) in [4.78, 5) is 21.2. The van der Waals surface area contributed by atoms with Crippen LogP contribution in [0.3, 0.4) is 0 Å². The first-order chi connectivity index (χ1) is 8.65. The molecule has 1 rings (SSSR count). The van der Waals surface area contributed by atoms with Crippen LogP contribution in [0.5, 0.6) is 0 Å². The average molecular weight is 267 g/mol. The first kappa shape index (κ1) is 14.8.